The first-order valence-corrected chi connectivity index (χ1v) is 11.9. The Kier molecular flexibility index (Phi) is 4.91. The zero-order chi connectivity index (χ0) is 24.5. The monoisotopic (exact) mass is 477 g/mol. The minimum absolute atomic E-state index is 0.105. The van der Waals surface area contributed by atoms with Crippen LogP contribution in [0.4, 0.5) is 0 Å². The van der Waals surface area contributed by atoms with Gasteiger partial charge in [0.2, 0.25) is 6.79 Å². The SMILES string of the molecule is CC[C@@]1(O)C(=O)OCc2c1cc1n(c2=O)Cc2c-1nc1cc3c(cc1c2CNCC(C)C)OCO3. The fourth-order valence-corrected chi connectivity index (χ4v) is 5.24. The maximum Gasteiger partial charge on any atom is 0.343 e. The minimum atomic E-state index is -1.85. The molecule has 9 heteroatoms. The fraction of sp³-hybridized carbons (Fsp3) is 0.423. The fourth-order valence-electron chi connectivity index (χ4n) is 5.24. The molecule has 2 aromatic heterocycles. The van der Waals surface area contributed by atoms with Gasteiger partial charge in [0, 0.05) is 29.1 Å². The molecular weight excluding hydrogens is 450 g/mol. The molecule has 182 valence electrons. The first kappa shape index (κ1) is 22.1. The van der Waals surface area contributed by atoms with Gasteiger partial charge < -0.3 is 29.2 Å². The molecule has 0 fully saturated rings. The van der Waals surface area contributed by atoms with Crippen molar-refractivity contribution in [3.05, 3.63) is 50.8 Å². The third-order valence-electron chi connectivity index (χ3n) is 7.15. The van der Waals surface area contributed by atoms with Crippen molar-refractivity contribution in [3.8, 4) is 22.9 Å². The van der Waals surface area contributed by atoms with Gasteiger partial charge >= 0.3 is 5.97 Å². The number of esters is 1. The predicted molar refractivity (Wildman–Crippen MR) is 127 cm³/mol. The Hall–Kier alpha value is -3.43. The standard InChI is InChI=1S/C26H27N3O6/c1-4-26(32)18-6-20-23-16(10-29(20)24(30)17(18)11-33-25(26)31)15(9-27-8-13(2)3)14-5-21-22(35-12-34-21)7-19(14)28-23/h5-7,13,27,32H,4,8-12H2,1-3H3/t26-/m0/s1. The Labute approximate surface area is 201 Å². The highest BCUT2D eigenvalue weighted by molar-refractivity contribution is 5.91. The number of nitrogens with zero attached hydrogens (tertiary/aromatic N) is 2. The van der Waals surface area contributed by atoms with Crippen molar-refractivity contribution in [2.75, 3.05) is 13.3 Å². The van der Waals surface area contributed by atoms with Gasteiger partial charge in [-0.3, -0.25) is 4.79 Å². The summed E-state index contributed by atoms with van der Waals surface area (Å²) in [5.74, 6) is 1.06. The van der Waals surface area contributed by atoms with E-state index in [0.717, 1.165) is 28.6 Å². The number of aliphatic hydroxyl groups is 1. The first-order chi connectivity index (χ1) is 16.8. The molecule has 0 aliphatic carbocycles. The van der Waals surface area contributed by atoms with E-state index >= 15 is 0 Å². The number of aromatic nitrogens is 2. The third-order valence-corrected chi connectivity index (χ3v) is 7.15. The van der Waals surface area contributed by atoms with Crippen molar-refractivity contribution in [3.63, 3.8) is 0 Å². The van der Waals surface area contributed by atoms with Crippen LogP contribution < -0.4 is 20.3 Å². The molecule has 5 heterocycles. The van der Waals surface area contributed by atoms with E-state index in [2.05, 4.69) is 19.2 Å². The molecule has 1 atom stereocenters. The maximum atomic E-state index is 13.5. The summed E-state index contributed by atoms with van der Waals surface area (Å²) in [5.41, 5.74) is 2.50. The number of benzene rings is 1. The summed E-state index contributed by atoms with van der Waals surface area (Å²) in [6.45, 7) is 7.81. The second kappa shape index (κ2) is 7.79. The number of hydrogen-bond acceptors (Lipinski definition) is 8. The molecule has 0 amide bonds. The van der Waals surface area contributed by atoms with E-state index < -0.39 is 11.6 Å². The first-order valence-electron chi connectivity index (χ1n) is 11.9. The Morgan fingerprint density at radius 2 is 1.91 bits per heavy atom. The number of fused-ring (bicyclic) bond motifs is 6. The Morgan fingerprint density at radius 3 is 2.66 bits per heavy atom. The number of ether oxygens (including phenoxy) is 3. The van der Waals surface area contributed by atoms with Crippen molar-refractivity contribution < 1.29 is 24.1 Å². The lowest BCUT2D eigenvalue weighted by molar-refractivity contribution is -0.172. The number of nitrogens with one attached hydrogen (secondary N) is 1. The van der Waals surface area contributed by atoms with Gasteiger partial charge in [0.15, 0.2) is 17.1 Å². The predicted octanol–water partition coefficient (Wildman–Crippen LogP) is 2.55. The normalized spacial score (nSPS) is 19.6. The highest BCUT2D eigenvalue weighted by Gasteiger charge is 2.45. The second-order valence-corrected chi connectivity index (χ2v) is 9.77. The summed E-state index contributed by atoms with van der Waals surface area (Å²) in [7, 11) is 0. The van der Waals surface area contributed by atoms with E-state index in [4.69, 9.17) is 19.2 Å². The van der Waals surface area contributed by atoms with E-state index in [1.165, 1.54) is 0 Å². The van der Waals surface area contributed by atoms with E-state index in [0.29, 0.717) is 53.0 Å². The van der Waals surface area contributed by atoms with Crippen LogP contribution in [0.25, 0.3) is 22.3 Å². The van der Waals surface area contributed by atoms with Gasteiger partial charge in [-0.25, -0.2) is 9.78 Å². The van der Waals surface area contributed by atoms with Crippen LogP contribution in [0, 0.1) is 5.92 Å². The van der Waals surface area contributed by atoms with E-state index in [9.17, 15) is 14.7 Å². The van der Waals surface area contributed by atoms with Crippen LogP contribution in [0.1, 0.15) is 49.4 Å². The number of hydrogen-bond donors (Lipinski definition) is 2. The highest BCUT2D eigenvalue weighted by Crippen LogP contribution is 2.43. The molecular formula is C26H27N3O6. The molecule has 35 heavy (non-hydrogen) atoms. The summed E-state index contributed by atoms with van der Waals surface area (Å²) < 4.78 is 18.0. The van der Waals surface area contributed by atoms with Crippen LogP contribution in [-0.2, 0) is 34.8 Å². The molecule has 1 aromatic carbocycles. The molecule has 0 bridgehead atoms. The summed E-state index contributed by atoms with van der Waals surface area (Å²) >= 11 is 0. The van der Waals surface area contributed by atoms with Gasteiger partial charge in [-0.05, 0) is 36.6 Å². The maximum absolute atomic E-state index is 13.5. The average Bonchev–Trinajstić information content (AvgIpc) is 3.44. The van der Waals surface area contributed by atoms with Crippen LogP contribution in [-0.4, -0.2) is 34.0 Å². The van der Waals surface area contributed by atoms with E-state index in [1.807, 2.05) is 12.1 Å². The Balaban J connectivity index is 1.58. The smallest absolute Gasteiger partial charge is 0.343 e. The molecule has 0 unspecified atom stereocenters. The van der Waals surface area contributed by atoms with Crippen molar-refractivity contribution >= 4 is 16.9 Å². The quantitative estimate of drug-likeness (QED) is 0.422. The average molecular weight is 478 g/mol. The van der Waals surface area contributed by atoms with Gasteiger partial charge in [-0.15, -0.1) is 0 Å². The minimum Gasteiger partial charge on any atom is -0.458 e. The van der Waals surface area contributed by atoms with E-state index in [-0.39, 0.29) is 25.4 Å². The Bertz CT molecular complexity index is 1460. The van der Waals surface area contributed by atoms with Crippen LogP contribution >= 0.6 is 0 Å². The van der Waals surface area contributed by atoms with Gasteiger partial charge in [0.25, 0.3) is 5.56 Å². The van der Waals surface area contributed by atoms with Crippen LogP contribution in [0.3, 0.4) is 0 Å². The summed E-state index contributed by atoms with van der Waals surface area (Å²) in [5, 5.41) is 15.6. The number of rotatable bonds is 5. The molecule has 0 radical (unpaired) electrons. The van der Waals surface area contributed by atoms with Crippen LogP contribution in [0.15, 0.2) is 23.0 Å². The number of pyridine rings is 2. The molecule has 3 aliphatic heterocycles. The topological polar surface area (TPSA) is 112 Å². The van der Waals surface area contributed by atoms with Gasteiger partial charge in [-0.2, -0.15) is 0 Å². The van der Waals surface area contributed by atoms with Crippen molar-refractivity contribution in [1.82, 2.24) is 14.9 Å². The summed E-state index contributed by atoms with van der Waals surface area (Å²) in [6, 6.07) is 5.56. The molecule has 3 aliphatic rings. The lowest BCUT2D eigenvalue weighted by Crippen LogP contribution is -2.44. The zero-order valence-corrected chi connectivity index (χ0v) is 19.9. The zero-order valence-electron chi connectivity index (χ0n) is 19.9. The third kappa shape index (κ3) is 3.18. The van der Waals surface area contributed by atoms with Crippen LogP contribution in [0.5, 0.6) is 11.5 Å². The second-order valence-electron chi connectivity index (χ2n) is 9.77. The number of cyclic esters (lactones) is 1. The number of carbonyl (C=O) groups excluding carboxylic acids is 1. The lowest BCUT2D eigenvalue weighted by atomic mass is 9.86. The molecule has 6 rings (SSSR count). The van der Waals surface area contributed by atoms with Crippen LogP contribution in [0.2, 0.25) is 0 Å². The molecule has 0 saturated heterocycles. The molecule has 0 spiro atoms. The highest BCUT2D eigenvalue weighted by atomic mass is 16.7. The summed E-state index contributed by atoms with van der Waals surface area (Å²) in [4.78, 5) is 30.9. The molecule has 3 aromatic rings. The van der Waals surface area contributed by atoms with Crippen molar-refractivity contribution in [1.29, 1.82) is 0 Å². The van der Waals surface area contributed by atoms with Gasteiger partial charge in [-0.1, -0.05) is 20.8 Å². The summed E-state index contributed by atoms with van der Waals surface area (Å²) in [6.07, 6.45) is 0.105. The number of carbonyl (C=O) groups is 1. The van der Waals surface area contributed by atoms with Crippen molar-refractivity contribution in [2.24, 2.45) is 5.92 Å². The van der Waals surface area contributed by atoms with Gasteiger partial charge in [0.1, 0.15) is 6.61 Å². The largest absolute Gasteiger partial charge is 0.458 e. The Morgan fingerprint density at radius 1 is 1.14 bits per heavy atom. The molecule has 2 N–H and O–H groups in total. The van der Waals surface area contributed by atoms with Crippen molar-refractivity contribution in [2.45, 2.75) is 52.5 Å². The molecule has 0 saturated carbocycles. The lowest BCUT2D eigenvalue weighted by Gasteiger charge is -2.31. The van der Waals surface area contributed by atoms with Gasteiger partial charge in [0.05, 0.1) is 29.0 Å². The molecule has 9 nitrogen and oxygen atoms in total. The van der Waals surface area contributed by atoms with E-state index in [1.54, 1.807) is 17.6 Å².